The van der Waals surface area contributed by atoms with Gasteiger partial charge < -0.3 is 27.7 Å². The van der Waals surface area contributed by atoms with Gasteiger partial charge in [0.1, 0.15) is 0 Å². The summed E-state index contributed by atoms with van der Waals surface area (Å²) in [6.07, 6.45) is 11.9. The second kappa shape index (κ2) is 17.4. The van der Waals surface area contributed by atoms with Gasteiger partial charge in [-0.05, 0) is 0 Å². The number of rotatable bonds is 12. The van der Waals surface area contributed by atoms with E-state index in [9.17, 15) is 9.79 Å². The van der Waals surface area contributed by atoms with Gasteiger partial charge in [-0.3, -0.25) is 0 Å². The molecule has 0 aliphatic rings. The van der Waals surface area contributed by atoms with Gasteiger partial charge in [-0.2, -0.15) is 11.8 Å². The van der Waals surface area contributed by atoms with Crippen LogP contribution >= 0.6 is 5.69 Å². The molecule has 0 rings (SSSR count). The van der Waals surface area contributed by atoms with Crippen molar-refractivity contribution in [2.24, 2.45) is 11.8 Å². The van der Waals surface area contributed by atoms with E-state index in [0.29, 0.717) is 18.6 Å². The maximum Gasteiger partial charge on any atom is -0.160 e. The first kappa shape index (κ1) is 25.8. The molecule has 0 saturated carbocycles. The first-order valence-electron chi connectivity index (χ1n) is 8.43. The summed E-state index contributed by atoms with van der Waals surface area (Å²) in [6.45, 7) is 9.35. The van der Waals surface area contributed by atoms with E-state index in [4.69, 9.17) is 0 Å². The smallest absolute Gasteiger partial charge is 0.160 e. The van der Waals surface area contributed by atoms with Gasteiger partial charge in [0.15, 0.2) is 0 Å². The van der Waals surface area contributed by atoms with E-state index in [0.717, 1.165) is 11.8 Å². The maximum atomic E-state index is 9.29. The second-order valence-corrected chi connectivity index (χ2v) is 14.0. The van der Waals surface area contributed by atoms with Crippen LogP contribution in [0.4, 0.5) is 0 Å². The van der Waals surface area contributed by atoms with E-state index in [1.54, 1.807) is 9.62 Å². The summed E-state index contributed by atoms with van der Waals surface area (Å²) in [5.41, 5.74) is -3.72. The van der Waals surface area contributed by atoms with E-state index in [-0.39, 0.29) is 0 Å². The molecule has 0 N–H and O–H groups in total. The topological polar surface area (TPSA) is 46.1 Å². The molecule has 0 aliphatic carbocycles. The second-order valence-electron chi connectivity index (χ2n) is 6.55. The third-order valence-electron chi connectivity index (χ3n) is 3.14. The zero-order valence-corrected chi connectivity index (χ0v) is 19.2. The molecule has 22 heavy (non-hydrogen) atoms. The fourth-order valence-electron chi connectivity index (χ4n) is 1.97. The first-order valence-corrected chi connectivity index (χ1v) is 14.9. The molecule has 0 saturated heterocycles. The Morgan fingerprint density at radius 2 is 1.14 bits per heavy atom. The maximum absolute atomic E-state index is 9.29. The Labute approximate surface area is 158 Å². The average Bonchev–Trinajstić information content (AvgIpc) is 2.33. The van der Waals surface area contributed by atoms with Crippen molar-refractivity contribution in [3.63, 3.8) is 0 Å². The van der Waals surface area contributed by atoms with Gasteiger partial charge >= 0.3 is 119 Å². The Morgan fingerprint density at radius 1 is 0.818 bits per heavy atom. The summed E-state index contributed by atoms with van der Waals surface area (Å²) in [7, 11) is 0. The average molecular weight is 449 g/mol. The van der Waals surface area contributed by atoms with E-state index in [1.165, 1.54) is 51.4 Å². The third kappa shape index (κ3) is 37.7. The van der Waals surface area contributed by atoms with Crippen LogP contribution in [0.2, 0.25) is 9.62 Å². The third-order valence-corrected chi connectivity index (χ3v) is 5.98. The first-order chi connectivity index (χ1) is 10.1. The molecule has 0 spiro atoms. The largest absolute Gasteiger partial charge is 0.850 e. The Morgan fingerprint density at radius 3 is 1.41 bits per heavy atom. The predicted molar refractivity (Wildman–Crippen MR) is 97.9 cm³/mol. The van der Waals surface area contributed by atoms with Gasteiger partial charge in [0, 0.05) is 0 Å². The molecule has 0 aromatic heterocycles. The van der Waals surface area contributed by atoms with Crippen LogP contribution in [0.5, 0.6) is 0 Å². The van der Waals surface area contributed by atoms with Crippen LogP contribution in [0, 0.1) is 11.8 Å². The molecule has 0 fully saturated rings. The van der Waals surface area contributed by atoms with Crippen molar-refractivity contribution in [3.05, 3.63) is 0 Å². The Balaban J connectivity index is 0. The fourth-order valence-corrected chi connectivity index (χ4v) is 4.48. The molecule has 0 aromatic carbocycles. The zero-order valence-electron chi connectivity index (χ0n) is 14.7. The number of hydrogen-bond donors (Lipinski definition) is 0. The quantitative estimate of drug-likeness (QED) is 0.186. The molecule has 0 bridgehead atoms. The van der Waals surface area contributed by atoms with Gasteiger partial charge in [0.05, 0.1) is 0 Å². The Bertz CT molecular complexity index is 247. The minimum Gasteiger partial charge on any atom is -0.850 e. The SMILES string of the molecule is CC(C)CCCC[CH2][Mo+3][CH2]CCCCC(C)C.[O-]P([O-])(=S)[S-]. The van der Waals surface area contributed by atoms with Crippen LogP contribution in [0.15, 0.2) is 0 Å². The van der Waals surface area contributed by atoms with E-state index >= 15 is 0 Å². The monoisotopic (exact) mass is 451 g/mol. The van der Waals surface area contributed by atoms with Crippen molar-refractivity contribution < 1.29 is 28.3 Å². The van der Waals surface area contributed by atoms with Gasteiger partial charge in [-0.25, -0.2) is 0 Å². The van der Waals surface area contributed by atoms with Crippen LogP contribution in [0.1, 0.15) is 79.1 Å². The molecule has 0 radical (unpaired) electrons. The molecule has 2 nitrogen and oxygen atoms in total. The van der Waals surface area contributed by atoms with Gasteiger partial charge in [0.2, 0.25) is 0 Å². The van der Waals surface area contributed by atoms with Crippen molar-refractivity contribution in [3.8, 4) is 0 Å². The van der Waals surface area contributed by atoms with E-state index in [2.05, 4.69) is 51.8 Å². The molecule has 0 amide bonds. The molecule has 0 atom stereocenters. The molecule has 0 aromatic rings. The van der Waals surface area contributed by atoms with Crippen LogP contribution in [-0.2, 0) is 42.6 Å². The normalized spacial score (nSPS) is 11.3. The van der Waals surface area contributed by atoms with Gasteiger partial charge in [-0.15, -0.1) is 0 Å². The molecule has 0 heterocycles. The van der Waals surface area contributed by atoms with Crippen molar-refractivity contribution in [1.82, 2.24) is 0 Å². The van der Waals surface area contributed by atoms with Crippen molar-refractivity contribution in [2.45, 2.75) is 88.7 Å². The summed E-state index contributed by atoms with van der Waals surface area (Å²) >= 11 is 7.67. The summed E-state index contributed by atoms with van der Waals surface area (Å²) in [5, 5.41) is 0. The van der Waals surface area contributed by atoms with Gasteiger partial charge in [-0.1, -0.05) is 0 Å². The minimum absolute atomic E-state index is 0.391. The Hall–Kier alpha value is 1.61. The summed E-state index contributed by atoms with van der Waals surface area (Å²) in [6, 6.07) is 0. The molecular weight excluding hydrogens is 415 g/mol. The van der Waals surface area contributed by atoms with Crippen molar-refractivity contribution in [1.29, 1.82) is 0 Å². The minimum atomic E-state index is -3.72. The number of hydrogen-bond acceptors (Lipinski definition) is 4. The molecular formula is C16H34MoO2PS2. The van der Waals surface area contributed by atoms with Crippen LogP contribution < -0.4 is 9.79 Å². The van der Waals surface area contributed by atoms with Crippen molar-refractivity contribution >= 4 is 29.7 Å². The molecule has 6 heteroatoms. The molecule has 133 valence electrons. The fraction of sp³-hybridized carbons (Fsp3) is 1.00. The summed E-state index contributed by atoms with van der Waals surface area (Å²) in [5.74, 6) is 1.82. The Kier molecular flexibility index (Phi) is 20.5. The van der Waals surface area contributed by atoms with Crippen LogP contribution in [0.3, 0.4) is 0 Å². The standard InChI is InChI=1S/2C8H17.Mo.H3O2PS2/c2*1-4-5-6-7-8(2)3;;1-3(2,4)5/h2*8H,1,4-7H2,2-3H3;;(H3,1,2,4,5)/q;;+3;/p-3. The molecule has 0 unspecified atom stereocenters. The zero-order chi connectivity index (χ0) is 17.4. The van der Waals surface area contributed by atoms with Crippen molar-refractivity contribution in [2.75, 3.05) is 0 Å². The summed E-state index contributed by atoms with van der Waals surface area (Å²) in [4.78, 5) is 21.8. The van der Waals surface area contributed by atoms with Gasteiger partial charge in [0.25, 0.3) is 0 Å². The summed E-state index contributed by atoms with van der Waals surface area (Å²) < 4.78 is 0. The van der Waals surface area contributed by atoms with E-state index in [1.807, 2.05) is 0 Å². The molecule has 0 aliphatic heterocycles. The predicted octanol–water partition coefficient (Wildman–Crippen LogP) is 4.82. The van der Waals surface area contributed by atoms with Crippen LogP contribution in [0.25, 0.3) is 0 Å². The van der Waals surface area contributed by atoms with Crippen LogP contribution in [-0.4, -0.2) is 0 Å². The van der Waals surface area contributed by atoms with E-state index < -0.39 is 5.69 Å². The number of unbranched alkanes of at least 4 members (excludes halogenated alkanes) is 4.